The summed E-state index contributed by atoms with van der Waals surface area (Å²) < 4.78 is 17.6. The molecule has 1 aromatic rings. The number of nitrogens with zero attached hydrogens (tertiary/aromatic N) is 1. The van der Waals surface area contributed by atoms with Crippen molar-refractivity contribution in [2.24, 2.45) is 0 Å². The van der Waals surface area contributed by atoms with Gasteiger partial charge in [-0.25, -0.2) is 0 Å². The van der Waals surface area contributed by atoms with Crippen LogP contribution in [0.25, 0.3) is 0 Å². The first-order chi connectivity index (χ1) is 8.26. The van der Waals surface area contributed by atoms with Crippen LogP contribution in [-0.2, 0) is 13.4 Å². The van der Waals surface area contributed by atoms with E-state index in [0.717, 1.165) is 0 Å². The molecule has 5 heteroatoms. The molecule has 17 heavy (non-hydrogen) atoms. The molecule has 0 N–H and O–H groups in total. The molecule has 2 atom stereocenters. The van der Waals surface area contributed by atoms with Crippen molar-refractivity contribution in [1.82, 2.24) is 3.92 Å². The van der Waals surface area contributed by atoms with Gasteiger partial charge in [-0.3, -0.25) is 0 Å². The number of ether oxygens (including phenoxy) is 1. The normalized spacial score (nSPS) is 24.5. The maximum absolute atomic E-state index is 11.6. The number of carbonyl (C=O) groups excluding carboxylic acids is 1. The first kappa shape index (κ1) is 12.4. The fourth-order valence-corrected chi connectivity index (χ4v) is 3.29. The zero-order chi connectivity index (χ0) is 12.3. The van der Waals surface area contributed by atoms with Crippen LogP contribution in [-0.4, -0.2) is 44.7 Å². The second-order valence-corrected chi connectivity index (χ2v) is 5.35. The zero-order valence-corrected chi connectivity index (χ0v) is 11.2. The van der Waals surface area contributed by atoms with Gasteiger partial charge in [0.05, 0.1) is 0 Å². The quantitative estimate of drug-likeness (QED) is 0.617. The first-order valence-corrected chi connectivity index (χ1v) is 6.92. The van der Waals surface area contributed by atoms with E-state index in [4.69, 9.17) is 4.74 Å². The molecular weight excluding hydrogens is 285 g/mol. The molecule has 0 amide bonds. The Morgan fingerprint density at radius 3 is 2.71 bits per heavy atom. The van der Waals surface area contributed by atoms with E-state index < -0.39 is 15.1 Å². The van der Waals surface area contributed by atoms with Crippen molar-refractivity contribution in [1.29, 1.82) is 0 Å². The van der Waals surface area contributed by atoms with Crippen LogP contribution >= 0.6 is 0 Å². The third-order valence-electron chi connectivity index (χ3n) is 3.10. The van der Waals surface area contributed by atoms with E-state index >= 15 is 0 Å². The summed E-state index contributed by atoms with van der Waals surface area (Å²) in [4.78, 5) is 11.6. The van der Waals surface area contributed by atoms with Gasteiger partial charge in [-0.1, -0.05) is 0 Å². The second kappa shape index (κ2) is 5.54. The summed E-state index contributed by atoms with van der Waals surface area (Å²) in [5, 5.41) is 0. The SMILES string of the molecule is COC(=O)[C@@H]1CC(c2ccccc2)CN1[Se]=O. The summed E-state index contributed by atoms with van der Waals surface area (Å²) >= 11 is -0.900. The van der Waals surface area contributed by atoms with Crippen molar-refractivity contribution in [3.05, 3.63) is 35.9 Å². The Kier molecular flexibility index (Phi) is 4.05. The van der Waals surface area contributed by atoms with Crippen LogP contribution in [0.1, 0.15) is 17.9 Å². The number of esters is 1. The molecule has 0 saturated carbocycles. The van der Waals surface area contributed by atoms with Gasteiger partial charge in [-0.05, 0) is 0 Å². The molecule has 2 rings (SSSR count). The maximum atomic E-state index is 11.6. The van der Waals surface area contributed by atoms with E-state index in [1.165, 1.54) is 12.7 Å². The molecule has 0 aliphatic carbocycles. The average molecular weight is 299 g/mol. The van der Waals surface area contributed by atoms with Crippen molar-refractivity contribution < 1.29 is 13.4 Å². The Bertz CT molecular complexity index is 409. The summed E-state index contributed by atoms with van der Waals surface area (Å²) in [6.45, 7) is 0.660. The van der Waals surface area contributed by atoms with Gasteiger partial charge in [-0.15, -0.1) is 0 Å². The summed E-state index contributed by atoms with van der Waals surface area (Å²) in [7, 11) is 1.37. The fraction of sp³-hybridized carbons (Fsp3) is 0.417. The van der Waals surface area contributed by atoms with E-state index in [1.807, 2.05) is 30.3 Å². The van der Waals surface area contributed by atoms with Crippen LogP contribution in [0.3, 0.4) is 0 Å². The minimum absolute atomic E-state index is 0.260. The van der Waals surface area contributed by atoms with Gasteiger partial charge in [0.15, 0.2) is 0 Å². The molecule has 1 aliphatic heterocycles. The summed E-state index contributed by atoms with van der Waals surface area (Å²) in [6.07, 6.45) is 0.681. The monoisotopic (exact) mass is 300 g/mol. The number of hydrogen-bond acceptors (Lipinski definition) is 3. The van der Waals surface area contributed by atoms with Gasteiger partial charge < -0.3 is 0 Å². The topological polar surface area (TPSA) is 46.6 Å². The van der Waals surface area contributed by atoms with Crippen LogP contribution in [0.5, 0.6) is 0 Å². The molecule has 4 nitrogen and oxygen atoms in total. The number of rotatable bonds is 3. The van der Waals surface area contributed by atoms with Crippen molar-refractivity contribution in [3.8, 4) is 0 Å². The van der Waals surface area contributed by atoms with E-state index in [1.54, 1.807) is 3.92 Å². The standard InChI is InChI=1S/C12H14NO3Se/c1-16-12(14)11-7-10(8-13(11)17-15)9-5-3-2-4-6-9/h2-6,10-11H,7-8H2,1H3/t10?,11-/m0/s1. The molecule has 1 aliphatic rings. The molecular formula is C12H14NO3Se. The summed E-state index contributed by atoms with van der Waals surface area (Å²) in [5.41, 5.74) is 1.19. The van der Waals surface area contributed by atoms with E-state index in [9.17, 15) is 8.63 Å². The first-order valence-electron chi connectivity index (χ1n) is 5.45. The molecule has 1 aromatic carbocycles. The number of hydrogen-bond donors (Lipinski definition) is 0. The fourth-order valence-electron chi connectivity index (χ4n) is 2.20. The Hall–Kier alpha value is -1.03. The van der Waals surface area contributed by atoms with Crippen LogP contribution in [0.15, 0.2) is 30.3 Å². The van der Waals surface area contributed by atoms with Gasteiger partial charge in [0.25, 0.3) is 0 Å². The van der Waals surface area contributed by atoms with Gasteiger partial charge in [0.1, 0.15) is 0 Å². The minimum atomic E-state index is -0.900. The van der Waals surface area contributed by atoms with Crippen LogP contribution in [0, 0.1) is 0 Å². The molecule has 0 bridgehead atoms. The predicted molar refractivity (Wildman–Crippen MR) is 62.8 cm³/mol. The van der Waals surface area contributed by atoms with Crippen molar-refractivity contribution in [2.75, 3.05) is 13.7 Å². The molecule has 91 valence electrons. The number of benzene rings is 1. The van der Waals surface area contributed by atoms with E-state index in [0.29, 0.717) is 13.0 Å². The van der Waals surface area contributed by atoms with Crippen LogP contribution in [0.4, 0.5) is 0 Å². The molecule has 0 aromatic heterocycles. The van der Waals surface area contributed by atoms with Crippen molar-refractivity contribution >= 4 is 21.1 Å². The molecule has 1 fully saturated rings. The van der Waals surface area contributed by atoms with Crippen LogP contribution in [0.2, 0.25) is 0 Å². The molecule has 1 heterocycles. The Balaban J connectivity index is 2.15. The third-order valence-corrected chi connectivity index (χ3v) is 4.34. The zero-order valence-electron chi connectivity index (χ0n) is 9.54. The second-order valence-electron chi connectivity index (χ2n) is 4.06. The Morgan fingerprint density at radius 2 is 2.12 bits per heavy atom. The number of carbonyl (C=O) groups is 1. The summed E-state index contributed by atoms with van der Waals surface area (Å²) in [6, 6.07) is 9.65. The van der Waals surface area contributed by atoms with Gasteiger partial charge in [0, 0.05) is 0 Å². The van der Waals surface area contributed by atoms with Crippen molar-refractivity contribution in [2.45, 2.75) is 18.4 Å². The average Bonchev–Trinajstić information content (AvgIpc) is 2.83. The Labute approximate surface area is 107 Å². The molecule has 1 radical (unpaired) electrons. The van der Waals surface area contributed by atoms with E-state index in [-0.39, 0.29) is 17.9 Å². The third kappa shape index (κ3) is 2.63. The molecule has 0 spiro atoms. The number of methoxy groups -OCH3 is 1. The summed E-state index contributed by atoms with van der Waals surface area (Å²) in [5.74, 6) is -0.0303. The van der Waals surface area contributed by atoms with Gasteiger partial charge in [-0.2, -0.15) is 0 Å². The van der Waals surface area contributed by atoms with Gasteiger partial charge >= 0.3 is 106 Å². The Morgan fingerprint density at radius 1 is 1.41 bits per heavy atom. The van der Waals surface area contributed by atoms with Crippen molar-refractivity contribution in [3.63, 3.8) is 0 Å². The van der Waals surface area contributed by atoms with Crippen LogP contribution < -0.4 is 0 Å². The van der Waals surface area contributed by atoms with Gasteiger partial charge in [0.2, 0.25) is 0 Å². The molecule has 1 saturated heterocycles. The predicted octanol–water partition coefficient (Wildman–Crippen LogP) is 0.982. The van der Waals surface area contributed by atoms with E-state index in [2.05, 4.69) is 0 Å². The molecule has 1 unspecified atom stereocenters.